The summed E-state index contributed by atoms with van der Waals surface area (Å²) in [7, 11) is 2.10. The van der Waals surface area contributed by atoms with Crippen molar-refractivity contribution in [1.29, 1.82) is 0 Å². The van der Waals surface area contributed by atoms with E-state index in [0.29, 0.717) is 5.92 Å². The van der Waals surface area contributed by atoms with E-state index in [2.05, 4.69) is 73.3 Å². The van der Waals surface area contributed by atoms with Gasteiger partial charge in [0.25, 0.3) is 0 Å². The summed E-state index contributed by atoms with van der Waals surface area (Å²) in [6.45, 7) is 2.17. The SMILES string of the molecule is Cc1ccc2c(oc3c(C4CCCC4)cccc32)c1-c1cccc[n+]1C. The fourth-order valence-electron chi connectivity index (χ4n) is 4.64. The van der Waals surface area contributed by atoms with Crippen LogP contribution in [-0.2, 0) is 7.05 Å². The van der Waals surface area contributed by atoms with E-state index < -0.39 is 0 Å². The summed E-state index contributed by atoms with van der Waals surface area (Å²) in [4.78, 5) is 0. The molecule has 2 nitrogen and oxygen atoms in total. The first-order valence-corrected chi connectivity index (χ1v) is 9.64. The van der Waals surface area contributed by atoms with E-state index >= 15 is 0 Å². The van der Waals surface area contributed by atoms with Crippen LogP contribution in [0, 0.1) is 6.92 Å². The van der Waals surface area contributed by atoms with E-state index in [1.807, 2.05) is 0 Å². The van der Waals surface area contributed by atoms with E-state index in [9.17, 15) is 0 Å². The quantitative estimate of drug-likeness (QED) is 0.406. The van der Waals surface area contributed by atoms with Crippen LogP contribution in [0.15, 0.2) is 59.1 Å². The largest absolute Gasteiger partial charge is 0.455 e. The van der Waals surface area contributed by atoms with Gasteiger partial charge in [0.1, 0.15) is 18.2 Å². The number of nitrogens with zero attached hydrogens (tertiary/aromatic N) is 1. The van der Waals surface area contributed by atoms with Crippen LogP contribution in [-0.4, -0.2) is 0 Å². The summed E-state index contributed by atoms with van der Waals surface area (Å²) >= 11 is 0. The molecule has 0 bridgehead atoms. The average Bonchev–Trinajstić information content (AvgIpc) is 3.30. The molecule has 130 valence electrons. The van der Waals surface area contributed by atoms with Crippen LogP contribution in [0.3, 0.4) is 0 Å². The van der Waals surface area contributed by atoms with Crippen LogP contribution >= 0.6 is 0 Å². The number of pyridine rings is 1. The second-order valence-electron chi connectivity index (χ2n) is 7.64. The molecule has 1 aliphatic carbocycles. The molecule has 5 rings (SSSR count). The highest BCUT2D eigenvalue weighted by atomic mass is 16.3. The maximum absolute atomic E-state index is 6.60. The molecule has 2 aromatic heterocycles. The molecule has 0 unspecified atom stereocenters. The Kier molecular flexibility index (Phi) is 3.59. The lowest BCUT2D eigenvalue weighted by Crippen LogP contribution is -2.30. The van der Waals surface area contributed by atoms with Gasteiger partial charge in [-0.3, -0.25) is 0 Å². The van der Waals surface area contributed by atoms with Crippen molar-refractivity contribution in [3.05, 3.63) is 65.9 Å². The highest BCUT2D eigenvalue weighted by Crippen LogP contribution is 2.42. The third-order valence-electron chi connectivity index (χ3n) is 6.01. The van der Waals surface area contributed by atoms with Crippen molar-refractivity contribution < 1.29 is 8.98 Å². The van der Waals surface area contributed by atoms with E-state index in [4.69, 9.17) is 4.42 Å². The van der Waals surface area contributed by atoms with Crippen LogP contribution in [0.2, 0.25) is 0 Å². The molecule has 1 saturated carbocycles. The summed E-state index contributed by atoms with van der Waals surface area (Å²) in [5.74, 6) is 0.650. The Morgan fingerprint density at radius 2 is 1.69 bits per heavy atom. The van der Waals surface area contributed by atoms with E-state index in [0.717, 1.165) is 11.2 Å². The number of para-hydroxylation sites is 1. The van der Waals surface area contributed by atoms with Crippen LogP contribution in [0.25, 0.3) is 33.2 Å². The Morgan fingerprint density at radius 3 is 2.50 bits per heavy atom. The van der Waals surface area contributed by atoms with Gasteiger partial charge < -0.3 is 4.42 Å². The molecule has 2 heterocycles. The van der Waals surface area contributed by atoms with E-state index in [1.54, 1.807) is 0 Å². The van der Waals surface area contributed by atoms with Crippen LogP contribution in [0.5, 0.6) is 0 Å². The third-order valence-corrected chi connectivity index (χ3v) is 6.01. The molecule has 2 heteroatoms. The van der Waals surface area contributed by atoms with Crippen molar-refractivity contribution in [1.82, 2.24) is 0 Å². The summed E-state index contributed by atoms with van der Waals surface area (Å²) < 4.78 is 8.78. The minimum atomic E-state index is 0.650. The predicted molar refractivity (Wildman–Crippen MR) is 106 cm³/mol. The normalized spacial score (nSPS) is 15.3. The fourth-order valence-corrected chi connectivity index (χ4v) is 4.64. The number of fused-ring (bicyclic) bond motifs is 3. The molecule has 0 aliphatic heterocycles. The molecule has 2 aromatic carbocycles. The van der Waals surface area contributed by atoms with E-state index in [1.165, 1.54) is 58.8 Å². The lowest BCUT2D eigenvalue weighted by molar-refractivity contribution is -0.660. The summed E-state index contributed by atoms with van der Waals surface area (Å²) in [5, 5.41) is 2.48. The number of rotatable bonds is 2. The molecule has 0 radical (unpaired) electrons. The predicted octanol–water partition coefficient (Wildman–Crippen LogP) is 6.04. The van der Waals surface area contributed by atoms with Gasteiger partial charge in [-0.25, -0.2) is 4.57 Å². The molecule has 0 spiro atoms. The lowest BCUT2D eigenvalue weighted by atomic mass is 9.95. The molecular formula is C24H24NO+. The van der Waals surface area contributed by atoms with Gasteiger partial charge in [0.05, 0.1) is 5.56 Å². The van der Waals surface area contributed by atoms with Gasteiger partial charge in [-0.15, -0.1) is 0 Å². The van der Waals surface area contributed by atoms with Gasteiger partial charge in [-0.05, 0) is 42.9 Å². The summed E-state index contributed by atoms with van der Waals surface area (Å²) in [5.41, 5.74) is 7.17. The van der Waals surface area contributed by atoms with Gasteiger partial charge >= 0.3 is 0 Å². The number of hydrogen-bond donors (Lipinski definition) is 0. The molecule has 0 amide bonds. The van der Waals surface area contributed by atoms with Crippen LogP contribution in [0.4, 0.5) is 0 Å². The first kappa shape index (κ1) is 15.6. The topological polar surface area (TPSA) is 17.0 Å². The summed E-state index contributed by atoms with van der Waals surface area (Å²) in [6, 6.07) is 17.5. The zero-order valence-corrected chi connectivity index (χ0v) is 15.5. The van der Waals surface area contributed by atoms with E-state index in [-0.39, 0.29) is 0 Å². The number of furan rings is 1. The third kappa shape index (κ3) is 2.28. The zero-order valence-electron chi connectivity index (χ0n) is 15.5. The smallest absolute Gasteiger partial charge is 0.216 e. The second kappa shape index (κ2) is 5.98. The Balaban J connectivity index is 1.84. The maximum atomic E-state index is 6.60. The molecule has 0 atom stereocenters. The number of aromatic nitrogens is 1. The minimum Gasteiger partial charge on any atom is -0.455 e. The summed E-state index contributed by atoms with van der Waals surface area (Å²) in [6.07, 6.45) is 7.35. The van der Waals surface area contributed by atoms with Crippen molar-refractivity contribution >= 4 is 21.9 Å². The first-order chi connectivity index (χ1) is 12.7. The zero-order chi connectivity index (χ0) is 17.7. The van der Waals surface area contributed by atoms with Crippen molar-refractivity contribution in [2.45, 2.75) is 38.5 Å². The van der Waals surface area contributed by atoms with Crippen LogP contribution < -0.4 is 4.57 Å². The number of aryl methyl sites for hydroxylation is 2. The van der Waals surface area contributed by atoms with Gasteiger partial charge in [0.2, 0.25) is 5.69 Å². The van der Waals surface area contributed by atoms with Gasteiger partial charge in [0, 0.05) is 22.9 Å². The van der Waals surface area contributed by atoms with Crippen molar-refractivity contribution in [2.24, 2.45) is 7.05 Å². The highest BCUT2D eigenvalue weighted by molar-refractivity contribution is 6.10. The number of hydrogen-bond acceptors (Lipinski definition) is 1. The molecule has 0 N–H and O–H groups in total. The lowest BCUT2D eigenvalue weighted by Gasteiger charge is -2.09. The minimum absolute atomic E-state index is 0.650. The molecule has 4 aromatic rings. The fraction of sp³-hybridized carbons (Fsp3) is 0.292. The Morgan fingerprint density at radius 1 is 0.885 bits per heavy atom. The Labute approximate surface area is 154 Å². The molecule has 1 aliphatic rings. The average molecular weight is 342 g/mol. The van der Waals surface area contributed by atoms with Crippen LogP contribution in [0.1, 0.15) is 42.7 Å². The van der Waals surface area contributed by atoms with Gasteiger partial charge in [-0.2, -0.15) is 0 Å². The Bertz CT molecular complexity index is 1120. The Hall–Kier alpha value is -2.61. The first-order valence-electron chi connectivity index (χ1n) is 9.64. The molecule has 1 fully saturated rings. The molecule has 0 saturated heterocycles. The monoisotopic (exact) mass is 342 g/mol. The second-order valence-corrected chi connectivity index (χ2v) is 7.64. The van der Waals surface area contributed by atoms with Gasteiger partial charge in [-0.1, -0.05) is 43.2 Å². The van der Waals surface area contributed by atoms with Crippen molar-refractivity contribution in [3.63, 3.8) is 0 Å². The molecule has 26 heavy (non-hydrogen) atoms. The molecular weight excluding hydrogens is 318 g/mol. The highest BCUT2D eigenvalue weighted by Gasteiger charge is 2.24. The standard InChI is InChI=1S/C24H24NO/c1-16-13-14-20-19-11-7-10-18(17-8-3-4-9-17)23(19)26-24(20)22(16)21-12-5-6-15-25(21)2/h5-7,10-15,17H,3-4,8-9H2,1-2H3/q+1. The number of benzene rings is 2. The maximum Gasteiger partial charge on any atom is 0.216 e. The van der Waals surface area contributed by atoms with Gasteiger partial charge in [0.15, 0.2) is 6.20 Å². The van der Waals surface area contributed by atoms with Crippen molar-refractivity contribution in [2.75, 3.05) is 0 Å². The van der Waals surface area contributed by atoms with Crippen molar-refractivity contribution in [3.8, 4) is 11.3 Å².